The molecule has 1 aliphatic rings. The highest BCUT2D eigenvalue weighted by Gasteiger charge is 2.33. The molecular weight excluding hydrogens is 682 g/mol. The molecule has 1 heterocycles. The van der Waals surface area contributed by atoms with Crippen molar-refractivity contribution < 1.29 is 32.6 Å². The number of halogens is 1. The number of hydrogen-bond acceptors (Lipinski definition) is 8. The van der Waals surface area contributed by atoms with Crippen LogP contribution in [0.2, 0.25) is 5.02 Å². The Labute approximate surface area is 299 Å². The maximum atomic E-state index is 13.6. The number of fused-ring (bicyclic) bond motifs is 1. The zero-order valence-corrected chi connectivity index (χ0v) is 30.2. The number of anilines is 3. The van der Waals surface area contributed by atoms with Crippen LogP contribution >= 0.6 is 11.6 Å². The molecule has 0 unspecified atom stereocenters. The summed E-state index contributed by atoms with van der Waals surface area (Å²) in [4.78, 5) is 40.3. The number of aliphatic hydroxyl groups excluding tert-OH is 1. The van der Waals surface area contributed by atoms with Crippen LogP contribution in [0.4, 0.5) is 17.1 Å². The molecule has 0 saturated heterocycles. The van der Waals surface area contributed by atoms with E-state index in [1.807, 2.05) is 6.92 Å². The molecule has 1 aliphatic heterocycles. The lowest BCUT2D eigenvalue weighted by atomic mass is 10.0. The molecule has 3 aromatic carbocycles. The summed E-state index contributed by atoms with van der Waals surface area (Å²) in [6.45, 7) is 3.60. The standard InChI is InChI=1S/C36H46ClN5O7S/c1-24-21-42(25(2)23-43)36(46)20-26-19-28(39-34(44)11-5-4-6-12-35(45)40-31-10-8-7-9-30(31)38)15-18-32(26)49-33(24)22-41(3)50(47,48)29-16-13-27(37)14-17-29/h7-10,13-19,24-25,33,43H,4-6,11-12,20-23,38H2,1-3H3,(H,39,44)(H,40,45)/t24-,25+,33+/m0/s1. The SMILES string of the molecule is C[C@H](CO)N1C[C@H](C)[C@@H](CN(C)S(=O)(=O)c2ccc(Cl)cc2)Oc2ccc(NC(=O)CCCCCC(=O)Nc3ccccc3N)cc2CC1=O. The lowest BCUT2D eigenvalue weighted by Crippen LogP contribution is -2.48. The Hall–Kier alpha value is -4.17. The fourth-order valence-corrected chi connectivity index (χ4v) is 6.97. The van der Waals surface area contributed by atoms with Crippen molar-refractivity contribution in [1.82, 2.24) is 9.21 Å². The molecule has 0 fully saturated rings. The van der Waals surface area contributed by atoms with Gasteiger partial charge in [0.15, 0.2) is 0 Å². The summed E-state index contributed by atoms with van der Waals surface area (Å²) in [5, 5.41) is 16.0. The first-order chi connectivity index (χ1) is 23.8. The minimum atomic E-state index is -3.88. The van der Waals surface area contributed by atoms with Gasteiger partial charge in [-0.3, -0.25) is 14.4 Å². The van der Waals surface area contributed by atoms with Gasteiger partial charge in [-0.25, -0.2) is 8.42 Å². The predicted octanol–water partition coefficient (Wildman–Crippen LogP) is 4.92. The summed E-state index contributed by atoms with van der Waals surface area (Å²) in [5.41, 5.74) is 7.96. The van der Waals surface area contributed by atoms with E-state index in [-0.39, 0.29) is 61.1 Å². The van der Waals surface area contributed by atoms with Crippen LogP contribution in [-0.2, 0) is 30.8 Å². The topological polar surface area (TPSA) is 171 Å². The highest BCUT2D eigenvalue weighted by Crippen LogP contribution is 2.30. The largest absolute Gasteiger partial charge is 0.488 e. The molecule has 0 aromatic heterocycles. The van der Waals surface area contributed by atoms with Crippen molar-refractivity contribution >= 4 is 56.4 Å². The first kappa shape index (κ1) is 38.6. The number of likely N-dealkylation sites (N-methyl/N-ethyl adjacent to an activating group) is 1. The number of nitrogen functional groups attached to an aromatic ring is 1. The molecule has 50 heavy (non-hydrogen) atoms. The van der Waals surface area contributed by atoms with Crippen molar-refractivity contribution in [3.63, 3.8) is 0 Å². The van der Waals surface area contributed by atoms with Gasteiger partial charge in [-0.15, -0.1) is 0 Å². The third-order valence-corrected chi connectivity index (χ3v) is 10.8. The number of hydrogen-bond donors (Lipinski definition) is 4. The minimum Gasteiger partial charge on any atom is -0.488 e. The molecule has 0 bridgehead atoms. The molecule has 4 rings (SSSR count). The number of ether oxygens (including phenoxy) is 1. The number of nitrogens with one attached hydrogen (secondary N) is 2. The summed E-state index contributed by atoms with van der Waals surface area (Å²) < 4.78 is 34.5. The van der Waals surface area contributed by atoms with E-state index >= 15 is 0 Å². The zero-order chi connectivity index (χ0) is 36.4. The average molecular weight is 728 g/mol. The number of rotatable bonds is 14. The lowest BCUT2D eigenvalue weighted by Gasteiger charge is -2.33. The van der Waals surface area contributed by atoms with Crippen molar-refractivity contribution in [3.8, 4) is 5.75 Å². The Balaban J connectivity index is 1.41. The summed E-state index contributed by atoms with van der Waals surface area (Å²) >= 11 is 5.97. The number of aliphatic hydroxyl groups is 1. The molecule has 0 saturated carbocycles. The molecule has 3 amide bonds. The number of amides is 3. The second-order valence-corrected chi connectivity index (χ2v) is 15.2. The third-order valence-electron chi connectivity index (χ3n) is 8.70. The van der Waals surface area contributed by atoms with E-state index in [4.69, 9.17) is 22.1 Å². The molecule has 0 aliphatic carbocycles. The summed E-state index contributed by atoms with van der Waals surface area (Å²) in [5.74, 6) is -0.492. The highest BCUT2D eigenvalue weighted by molar-refractivity contribution is 7.89. The van der Waals surface area contributed by atoms with E-state index in [2.05, 4.69) is 10.6 Å². The fraction of sp³-hybridized carbons (Fsp3) is 0.417. The number of carbonyl (C=O) groups excluding carboxylic acids is 3. The van der Waals surface area contributed by atoms with Gasteiger partial charge in [0.1, 0.15) is 11.9 Å². The van der Waals surface area contributed by atoms with Gasteiger partial charge >= 0.3 is 0 Å². The average Bonchev–Trinajstić information content (AvgIpc) is 3.12. The first-order valence-electron chi connectivity index (χ1n) is 16.6. The van der Waals surface area contributed by atoms with Crippen LogP contribution in [0.5, 0.6) is 5.75 Å². The molecule has 3 atom stereocenters. The number of para-hydroxylation sites is 2. The minimum absolute atomic E-state index is 0.0123. The number of nitrogens with zero attached hydrogens (tertiary/aromatic N) is 2. The maximum absolute atomic E-state index is 13.6. The summed E-state index contributed by atoms with van der Waals surface area (Å²) in [7, 11) is -2.41. The molecule has 5 N–H and O–H groups in total. The fourth-order valence-electron chi connectivity index (χ4n) is 5.66. The Bertz CT molecular complexity index is 1760. The quantitative estimate of drug-likeness (QED) is 0.134. The number of carbonyl (C=O) groups is 3. The monoisotopic (exact) mass is 727 g/mol. The van der Waals surface area contributed by atoms with Crippen molar-refractivity contribution in [2.45, 2.75) is 69.4 Å². The maximum Gasteiger partial charge on any atom is 0.242 e. The Kier molecular flexibility index (Phi) is 13.6. The van der Waals surface area contributed by atoms with Gasteiger partial charge < -0.3 is 31.1 Å². The zero-order valence-electron chi connectivity index (χ0n) is 28.6. The Morgan fingerprint density at radius 1 is 1.04 bits per heavy atom. The van der Waals surface area contributed by atoms with Gasteiger partial charge in [0.05, 0.1) is 41.9 Å². The molecule has 12 nitrogen and oxygen atoms in total. The van der Waals surface area contributed by atoms with Crippen LogP contribution in [0.25, 0.3) is 0 Å². The van der Waals surface area contributed by atoms with E-state index in [0.717, 1.165) is 0 Å². The van der Waals surface area contributed by atoms with Gasteiger partial charge in [-0.05, 0) is 74.4 Å². The lowest BCUT2D eigenvalue weighted by molar-refractivity contribution is -0.134. The van der Waals surface area contributed by atoms with Gasteiger partial charge in [0, 0.05) is 48.6 Å². The number of nitrogens with two attached hydrogens (primary N) is 1. The normalized spacial score (nSPS) is 17.2. The summed E-state index contributed by atoms with van der Waals surface area (Å²) in [6.07, 6.45) is 1.73. The molecule has 3 aromatic rings. The molecule has 270 valence electrons. The Morgan fingerprint density at radius 3 is 2.36 bits per heavy atom. The number of benzene rings is 3. The molecule has 14 heteroatoms. The van der Waals surface area contributed by atoms with Gasteiger partial charge in [-0.1, -0.05) is 37.1 Å². The Morgan fingerprint density at radius 2 is 1.70 bits per heavy atom. The second-order valence-electron chi connectivity index (χ2n) is 12.7. The third kappa shape index (κ3) is 10.4. The van der Waals surface area contributed by atoms with E-state index in [1.165, 1.54) is 35.6 Å². The van der Waals surface area contributed by atoms with E-state index in [9.17, 15) is 27.9 Å². The van der Waals surface area contributed by atoms with Crippen LogP contribution in [0.3, 0.4) is 0 Å². The van der Waals surface area contributed by atoms with Crippen LogP contribution in [0.15, 0.2) is 71.6 Å². The van der Waals surface area contributed by atoms with E-state index < -0.39 is 22.2 Å². The highest BCUT2D eigenvalue weighted by atomic mass is 35.5. The van der Waals surface area contributed by atoms with Gasteiger partial charge in [0.25, 0.3) is 0 Å². The smallest absolute Gasteiger partial charge is 0.242 e. The van der Waals surface area contributed by atoms with Crippen molar-refractivity contribution in [1.29, 1.82) is 0 Å². The second kappa shape index (κ2) is 17.7. The number of sulfonamides is 1. The predicted molar refractivity (Wildman–Crippen MR) is 194 cm³/mol. The van der Waals surface area contributed by atoms with Crippen molar-refractivity contribution in [2.24, 2.45) is 5.92 Å². The van der Waals surface area contributed by atoms with Gasteiger partial charge in [-0.2, -0.15) is 4.31 Å². The van der Waals surface area contributed by atoms with Crippen LogP contribution in [0, 0.1) is 5.92 Å². The van der Waals surface area contributed by atoms with Crippen molar-refractivity contribution in [3.05, 3.63) is 77.3 Å². The molecule has 0 spiro atoms. The molecular formula is C36H46ClN5O7S. The first-order valence-corrected chi connectivity index (χ1v) is 18.5. The van der Waals surface area contributed by atoms with Gasteiger partial charge in [0.2, 0.25) is 27.7 Å². The van der Waals surface area contributed by atoms with Crippen LogP contribution in [0.1, 0.15) is 51.5 Å². The number of unbranched alkanes of at least 4 members (excludes halogenated alkanes) is 2. The summed E-state index contributed by atoms with van der Waals surface area (Å²) in [6, 6.07) is 17.5. The van der Waals surface area contributed by atoms with Crippen molar-refractivity contribution in [2.75, 3.05) is 43.1 Å². The van der Waals surface area contributed by atoms with E-state index in [0.29, 0.717) is 59.1 Å². The van der Waals surface area contributed by atoms with Crippen LogP contribution in [-0.4, -0.2) is 79.3 Å². The molecule has 0 radical (unpaired) electrons. The van der Waals surface area contributed by atoms with E-state index in [1.54, 1.807) is 54.3 Å². The van der Waals surface area contributed by atoms with Crippen LogP contribution < -0.4 is 21.1 Å².